The minimum absolute atomic E-state index is 0.111. The average Bonchev–Trinajstić information content (AvgIpc) is 2.73. The molecule has 0 aliphatic carbocycles. The molecule has 2 rings (SSSR count). The lowest BCUT2D eigenvalue weighted by Crippen LogP contribution is -2.28. The van der Waals surface area contributed by atoms with Crippen LogP contribution < -0.4 is 10.6 Å². The van der Waals surface area contributed by atoms with Gasteiger partial charge in [0, 0.05) is 11.8 Å². The number of nitro benzene ring substituents is 1. The molecule has 0 unspecified atom stereocenters. The zero-order chi connectivity index (χ0) is 14.0. The van der Waals surface area contributed by atoms with Crippen LogP contribution in [0.5, 0.6) is 0 Å². The topological polar surface area (TPSA) is 125 Å². The first kappa shape index (κ1) is 13.2. The van der Waals surface area contributed by atoms with Crippen LogP contribution >= 0.6 is 0 Å². The number of anilines is 2. The summed E-state index contributed by atoms with van der Waals surface area (Å²) in [5.41, 5.74) is 1.03. The molecule has 0 radical (unpaired) electrons. The molecule has 19 heavy (non-hydrogen) atoms. The molecule has 0 bridgehead atoms. The van der Waals surface area contributed by atoms with Crippen molar-refractivity contribution in [1.29, 1.82) is 0 Å². The van der Waals surface area contributed by atoms with Gasteiger partial charge in [0.15, 0.2) is 0 Å². The number of nitro groups is 1. The van der Waals surface area contributed by atoms with Crippen molar-refractivity contribution in [2.45, 2.75) is 12.5 Å². The van der Waals surface area contributed by atoms with Crippen LogP contribution in [0.1, 0.15) is 5.56 Å². The molecule has 0 saturated carbocycles. The monoisotopic (exact) mass is 267 g/mol. The van der Waals surface area contributed by atoms with E-state index in [4.69, 9.17) is 10.2 Å². The van der Waals surface area contributed by atoms with Crippen LogP contribution in [0.25, 0.3) is 0 Å². The highest BCUT2D eigenvalue weighted by Gasteiger charge is 2.25. The van der Waals surface area contributed by atoms with E-state index in [9.17, 15) is 14.9 Å². The van der Waals surface area contributed by atoms with Crippen molar-refractivity contribution in [3.8, 4) is 0 Å². The Labute approximate surface area is 108 Å². The molecule has 0 atom stereocenters. The van der Waals surface area contributed by atoms with Gasteiger partial charge in [-0.2, -0.15) is 0 Å². The number of nitrogens with zero attached hydrogens (tertiary/aromatic N) is 1. The molecule has 1 aromatic rings. The smallest absolute Gasteiger partial charge is 0.292 e. The fourth-order valence-corrected chi connectivity index (χ4v) is 1.90. The van der Waals surface area contributed by atoms with Gasteiger partial charge >= 0.3 is 0 Å². The van der Waals surface area contributed by atoms with Gasteiger partial charge in [-0.3, -0.25) is 14.9 Å². The number of hydrogen-bond acceptors (Lipinski definition) is 6. The molecule has 8 heteroatoms. The summed E-state index contributed by atoms with van der Waals surface area (Å²) < 4.78 is 0. The number of aliphatic hydroxyl groups excluding tert-OH is 2. The Balaban J connectivity index is 2.39. The lowest BCUT2D eigenvalue weighted by Gasteiger charge is -2.15. The van der Waals surface area contributed by atoms with Gasteiger partial charge in [-0.05, 0) is 11.6 Å². The SMILES string of the molecule is O=C1Cc2cc([N+](=O)[O-])c(NC(CO)CO)cc2N1. The third-order valence-electron chi connectivity index (χ3n) is 2.84. The van der Waals surface area contributed by atoms with E-state index in [1.807, 2.05) is 0 Å². The van der Waals surface area contributed by atoms with Crippen molar-refractivity contribution in [3.05, 3.63) is 27.8 Å². The van der Waals surface area contributed by atoms with Crippen LogP contribution in [0, 0.1) is 10.1 Å². The molecule has 0 saturated heterocycles. The Bertz CT molecular complexity index is 527. The average molecular weight is 267 g/mol. The molecule has 1 amide bonds. The predicted molar refractivity (Wildman–Crippen MR) is 67.0 cm³/mol. The maximum atomic E-state index is 11.2. The lowest BCUT2D eigenvalue weighted by atomic mass is 10.1. The third-order valence-corrected chi connectivity index (χ3v) is 2.84. The Morgan fingerprint density at radius 1 is 1.42 bits per heavy atom. The standard InChI is InChI=1S/C11H13N3O5/c15-4-7(5-16)12-9-3-8-6(2-11(17)13-8)1-10(9)14(18)19/h1,3,7,12,15-16H,2,4-5H2,(H,13,17). The minimum atomic E-state index is -0.700. The second-order valence-corrected chi connectivity index (χ2v) is 4.21. The van der Waals surface area contributed by atoms with Gasteiger partial charge in [-0.25, -0.2) is 0 Å². The molecule has 1 aliphatic rings. The van der Waals surface area contributed by atoms with E-state index >= 15 is 0 Å². The quantitative estimate of drug-likeness (QED) is 0.434. The van der Waals surface area contributed by atoms with E-state index < -0.39 is 11.0 Å². The summed E-state index contributed by atoms with van der Waals surface area (Å²) >= 11 is 0. The van der Waals surface area contributed by atoms with E-state index in [-0.39, 0.29) is 36.9 Å². The number of fused-ring (bicyclic) bond motifs is 1. The Morgan fingerprint density at radius 3 is 2.68 bits per heavy atom. The van der Waals surface area contributed by atoms with Crippen LogP contribution in [0.4, 0.5) is 17.1 Å². The van der Waals surface area contributed by atoms with Crippen LogP contribution in [-0.4, -0.2) is 40.3 Å². The first-order valence-electron chi connectivity index (χ1n) is 5.64. The zero-order valence-corrected chi connectivity index (χ0v) is 9.92. The van der Waals surface area contributed by atoms with Crippen LogP contribution in [0.3, 0.4) is 0 Å². The summed E-state index contributed by atoms with van der Waals surface area (Å²) in [6.07, 6.45) is 0.111. The normalized spacial score (nSPS) is 13.3. The molecule has 102 valence electrons. The van der Waals surface area contributed by atoms with Gasteiger partial charge < -0.3 is 20.8 Å². The van der Waals surface area contributed by atoms with Gasteiger partial charge in [-0.15, -0.1) is 0 Å². The highest BCUT2D eigenvalue weighted by molar-refractivity contribution is 6.00. The summed E-state index contributed by atoms with van der Waals surface area (Å²) in [5.74, 6) is -0.220. The minimum Gasteiger partial charge on any atom is -0.394 e. The van der Waals surface area contributed by atoms with Gasteiger partial charge in [0.25, 0.3) is 5.69 Å². The van der Waals surface area contributed by atoms with Crippen molar-refractivity contribution < 1.29 is 19.9 Å². The lowest BCUT2D eigenvalue weighted by molar-refractivity contribution is -0.384. The highest BCUT2D eigenvalue weighted by atomic mass is 16.6. The fourth-order valence-electron chi connectivity index (χ4n) is 1.90. The predicted octanol–water partition coefficient (Wildman–Crippen LogP) is -0.146. The van der Waals surface area contributed by atoms with Crippen molar-refractivity contribution in [2.75, 3.05) is 23.8 Å². The van der Waals surface area contributed by atoms with E-state index in [2.05, 4.69) is 10.6 Å². The molecule has 4 N–H and O–H groups in total. The maximum absolute atomic E-state index is 11.2. The van der Waals surface area contributed by atoms with E-state index in [0.717, 1.165) is 0 Å². The number of carbonyl (C=O) groups is 1. The molecule has 0 fully saturated rings. The van der Waals surface area contributed by atoms with Crippen molar-refractivity contribution >= 4 is 23.0 Å². The number of amides is 1. The van der Waals surface area contributed by atoms with Crippen molar-refractivity contribution in [3.63, 3.8) is 0 Å². The number of rotatable bonds is 5. The summed E-state index contributed by atoms with van der Waals surface area (Å²) in [6.45, 7) is -0.728. The summed E-state index contributed by atoms with van der Waals surface area (Å²) in [7, 11) is 0. The highest BCUT2D eigenvalue weighted by Crippen LogP contribution is 2.34. The molecule has 0 aromatic heterocycles. The largest absolute Gasteiger partial charge is 0.394 e. The molecule has 0 spiro atoms. The molecule has 1 aliphatic heterocycles. The molecular formula is C11H13N3O5. The van der Waals surface area contributed by atoms with Gasteiger partial charge in [0.05, 0.1) is 30.6 Å². The molecule has 1 aromatic carbocycles. The molecular weight excluding hydrogens is 254 g/mol. The second-order valence-electron chi connectivity index (χ2n) is 4.21. The Morgan fingerprint density at radius 2 is 2.11 bits per heavy atom. The van der Waals surface area contributed by atoms with E-state index in [0.29, 0.717) is 11.3 Å². The second kappa shape index (κ2) is 5.21. The summed E-state index contributed by atoms with van der Waals surface area (Å²) in [5, 5.41) is 34.2. The third kappa shape index (κ3) is 2.64. The number of hydrogen-bond donors (Lipinski definition) is 4. The number of nitrogens with one attached hydrogen (secondary N) is 2. The van der Waals surface area contributed by atoms with Gasteiger partial charge in [0.2, 0.25) is 5.91 Å². The van der Waals surface area contributed by atoms with E-state index in [1.165, 1.54) is 12.1 Å². The zero-order valence-electron chi connectivity index (χ0n) is 9.92. The van der Waals surface area contributed by atoms with Crippen LogP contribution in [-0.2, 0) is 11.2 Å². The first-order valence-corrected chi connectivity index (χ1v) is 5.64. The summed E-state index contributed by atoms with van der Waals surface area (Å²) in [6, 6.07) is 2.06. The fraction of sp³-hybridized carbons (Fsp3) is 0.364. The Kier molecular flexibility index (Phi) is 3.63. The van der Waals surface area contributed by atoms with Crippen molar-refractivity contribution in [2.24, 2.45) is 0 Å². The van der Waals surface area contributed by atoms with E-state index in [1.54, 1.807) is 0 Å². The van der Waals surface area contributed by atoms with Crippen LogP contribution in [0.2, 0.25) is 0 Å². The van der Waals surface area contributed by atoms with Crippen molar-refractivity contribution in [1.82, 2.24) is 0 Å². The molecule has 1 heterocycles. The van der Waals surface area contributed by atoms with Crippen LogP contribution in [0.15, 0.2) is 12.1 Å². The van der Waals surface area contributed by atoms with Gasteiger partial charge in [0.1, 0.15) is 5.69 Å². The number of benzene rings is 1. The number of carbonyl (C=O) groups excluding carboxylic acids is 1. The first-order chi connectivity index (χ1) is 9.05. The Hall–Kier alpha value is -2.19. The number of aliphatic hydroxyl groups is 2. The van der Waals surface area contributed by atoms with Gasteiger partial charge in [-0.1, -0.05) is 0 Å². The molecule has 8 nitrogen and oxygen atoms in total. The maximum Gasteiger partial charge on any atom is 0.292 e. The summed E-state index contributed by atoms with van der Waals surface area (Å²) in [4.78, 5) is 21.7.